The molecule has 1 amide bonds. The lowest BCUT2D eigenvalue weighted by atomic mass is 10.2. The maximum Gasteiger partial charge on any atom is 0.431 e. The fraction of sp³-hybridized carbons (Fsp3) is 0.381. The highest BCUT2D eigenvalue weighted by atomic mass is 35.5. The molecule has 3 rings (SSSR count). The summed E-state index contributed by atoms with van der Waals surface area (Å²) in [5.41, 5.74) is -5.37. The van der Waals surface area contributed by atoms with Crippen molar-refractivity contribution in [2.75, 3.05) is 26.9 Å². The van der Waals surface area contributed by atoms with Crippen LogP contribution >= 0.6 is 23.4 Å². The number of benzene rings is 1. The molecule has 1 atom stereocenters. The predicted octanol–water partition coefficient (Wildman–Crippen LogP) is 2.49. The number of carbonyl (C=O) groups is 2. The van der Waals surface area contributed by atoms with E-state index in [0.717, 1.165) is 29.8 Å². The first kappa shape index (κ1) is 28.4. The van der Waals surface area contributed by atoms with Crippen LogP contribution in [0, 0.1) is 5.82 Å². The molecule has 0 N–H and O–H groups in total. The zero-order valence-electron chi connectivity index (χ0n) is 19.5. The van der Waals surface area contributed by atoms with Crippen LogP contribution in [0.1, 0.15) is 12.6 Å². The molecular formula is C21H19ClF4N4O6S. The highest BCUT2D eigenvalue weighted by Crippen LogP contribution is 2.35. The van der Waals surface area contributed by atoms with Gasteiger partial charge in [-0.2, -0.15) is 13.2 Å². The molecule has 0 radical (unpaired) electrons. The molecule has 1 aromatic heterocycles. The van der Waals surface area contributed by atoms with Crippen LogP contribution in [0.15, 0.2) is 32.8 Å². The van der Waals surface area contributed by atoms with Gasteiger partial charge in [0.1, 0.15) is 23.3 Å². The smallest absolute Gasteiger partial charge is 0.431 e. The lowest BCUT2D eigenvalue weighted by Gasteiger charge is -2.16. The number of hydrogen-bond acceptors (Lipinski definition) is 8. The third-order valence-electron chi connectivity index (χ3n) is 5.01. The number of aromatic nitrogens is 2. The Bertz CT molecular complexity index is 1390. The molecule has 37 heavy (non-hydrogen) atoms. The summed E-state index contributed by atoms with van der Waals surface area (Å²) < 4.78 is 64.5. The van der Waals surface area contributed by atoms with Crippen LogP contribution in [0.3, 0.4) is 0 Å². The van der Waals surface area contributed by atoms with Gasteiger partial charge >= 0.3 is 17.8 Å². The topological polar surface area (TPSA) is 112 Å². The Hall–Kier alpha value is -3.17. The molecule has 1 aliphatic heterocycles. The number of alkyl halides is 3. The molecule has 0 aliphatic carbocycles. The Morgan fingerprint density at radius 2 is 1.89 bits per heavy atom. The monoisotopic (exact) mass is 566 g/mol. The first-order chi connectivity index (χ1) is 17.3. The average Bonchev–Trinajstić information content (AvgIpc) is 3.07. The number of rotatable bonds is 7. The lowest BCUT2D eigenvalue weighted by Crippen LogP contribution is -2.41. The summed E-state index contributed by atoms with van der Waals surface area (Å²) in [6.45, 7) is 1.12. The van der Waals surface area contributed by atoms with E-state index in [1.54, 1.807) is 6.92 Å². The summed E-state index contributed by atoms with van der Waals surface area (Å²) in [6.07, 6.45) is -5.00. The third kappa shape index (κ3) is 5.88. The van der Waals surface area contributed by atoms with Gasteiger partial charge in [-0.25, -0.2) is 18.7 Å². The zero-order valence-corrected chi connectivity index (χ0v) is 21.0. The second-order valence-electron chi connectivity index (χ2n) is 7.48. The van der Waals surface area contributed by atoms with Gasteiger partial charge in [0.15, 0.2) is 5.17 Å². The van der Waals surface area contributed by atoms with E-state index >= 15 is 0 Å². The van der Waals surface area contributed by atoms with E-state index < -0.39 is 58.3 Å². The number of amides is 1. The summed E-state index contributed by atoms with van der Waals surface area (Å²) in [5, 5.41) is -1.11. The highest BCUT2D eigenvalue weighted by molar-refractivity contribution is 8.15. The molecular weight excluding hydrogens is 548 g/mol. The van der Waals surface area contributed by atoms with Crippen molar-refractivity contribution in [1.29, 1.82) is 0 Å². The Morgan fingerprint density at radius 1 is 1.22 bits per heavy atom. The summed E-state index contributed by atoms with van der Waals surface area (Å²) in [5.74, 6) is -2.44. The van der Waals surface area contributed by atoms with E-state index in [1.165, 1.54) is 7.11 Å². The van der Waals surface area contributed by atoms with Gasteiger partial charge < -0.3 is 9.47 Å². The average molecular weight is 567 g/mol. The number of esters is 1. The van der Waals surface area contributed by atoms with Crippen LogP contribution in [0.5, 0.6) is 0 Å². The van der Waals surface area contributed by atoms with E-state index in [0.29, 0.717) is 6.07 Å². The van der Waals surface area contributed by atoms with Crippen molar-refractivity contribution in [2.45, 2.75) is 18.3 Å². The Morgan fingerprint density at radius 3 is 2.49 bits per heavy atom. The molecule has 0 bridgehead atoms. The SMILES string of the molecule is CCOC(=O)CN1C(=O)C(COC)S/C1=N\c1cc(-n2c(=O)cc(C(F)(F)F)n(C)c2=O)c(F)cc1Cl. The Labute approximate surface area is 215 Å². The minimum Gasteiger partial charge on any atom is -0.465 e. The van der Waals surface area contributed by atoms with Crippen LogP contribution in [0.25, 0.3) is 5.69 Å². The van der Waals surface area contributed by atoms with Crippen LogP contribution in [-0.2, 0) is 32.3 Å². The lowest BCUT2D eigenvalue weighted by molar-refractivity contribution is -0.146. The molecule has 2 heterocycles. The molecule has 1 unspecified atom stereocenters. The van der Waals surface area contributed by atoms with Crippen LogP contribution in [0.2, 0.25) is 5.02 Å². The van der Waals surface area contributed by atoms with Gasteiger partial charge in [-0.1, -0.05) is 23.4 Å². The summed E-state index contributed by atoms with van der Waals surface area (Å²) in [6, 6.07) is 1.74. The first-order valence-corrected chi connectivity index (χ1v) is 11.7. The molecule has 200 valence electrons. The largest absolute Gasteiger partial charge is 0.465 e. The Balaban J connectivity index is 2.15. The third-order valence-corrected chi connectivity index (χ3v) is 6.46. The highest BCUT2D eigenvalue weighted by Gasteiger charge is 2.39. The fourth-order valence-electron chi connectivity index (χ4n) is 3.34. The van der Waals surface area contributed by atoms with Gasteiger partial charge in [0.2, 0.25) is 5.91 Å². The molecule has 1 aliphatic rings. The predicted molar refractivity (Wildman–Crippen MR) is 126 cm³/mol. The van der Waals surface area contributed by atoms with Crippen LogP contribution in [0.4, 0.5) is 23.2 Å². The van der Waals surface area contributed by atoms with Gasteiger partial charge in [-0.15, -0.1) is 0 Å². The van der Waals surface area contributed by atoms with Crippen molar-refractivity contribution < 1.29 is 36.6 Å². The van der Waals surface area contributed by atoms with Crippen LogP contribution < -0.4 is 11.2 Å². The zero-order chi connectivity index (χ0) is 27.7. The van der Waals surface area contributed by atoms with Crippen LogP contribution in [-0.4, -0.2) is 63.2 Å². The fourth-order valence-corrected chi connectivity index (χ4v) is 4.65. The van der Waals surface area contributed by atoms with Crippen molar-refractivity contribution in [3.05, 3.63) is 55.6 Å². The maximum absolute atomic E-state index is 14.8. The van der Waals surface area contributed by atoms with Gasteiger partial charge in [-0.05, 0) is 19.1 Å². The van der Waals surface area contributed by atoms with E-state index in [1.807, 2.05) is 0 Å². The van der Waals surface area contributed by atoms with Gasteiger partial charge in [0.25, 0.3) is 5.56 Å². The van der Waals surface area contributed by atoms with E-state index in [-0.39, 0.29) is 44.3 Å². The van der Waals surface area contributed by atoms with E-state index in [4.69, 9.17) is 21.1 Å². The van der Waals surface area contributed by atoms with Crippen molar-refractivity contribution in [3.8, 4) is 5.69 Å². The van der Waals surface area contributed by atoms with Crippen molar-refractivity contribution in [1.82, 2.24) is 14.0 Å². The second kappa shape index (κ2) is 11.1. The molecule has 1 saturated heterocycles. The number of ether oxygens (including phenoxy) is 2. The summed E-state index contributed by atoms with van der Waals surface area (Å²) in [4.78, 5) is 55.1. The summed E-state index contributed by atoms with van der Waals surface area (Å²) >= 11 is 7.02. The number of hydrogen-bond donors (Lipinski definition) is 0. The number of methoxy groups -OCH3 is 1. The molecule has 2 aromatic rings. The second-order valence-corrected chi connectivity index (χ2v) is 9.06. The summed E-state index contributed by atoms with van der Waals surface area (Å²) in [7, 11) is 2.14. The number of thioether (sulfide) groups is 1. The first-order valence-electron chi connectivity index (χ1n) is 10.4. The molecule has 16 heteroatoms. The minimum atomic E-state index is -5.00. The van der Waals surface area contributed by atoms with E-state index in [2.05, 4.69) is 4.99 Å². The molecule has 0 saturated carbocycles. The Kier molecular flexibility index (Phi) is 8.49. The molecule has 1 aromatic carbocycles. The minimum absolute atomic E-state index is 0.0266. The normalized spacial score (nSPS) is 17.1. The van der Waals surface area contributed by atoms with Crippen molar-refractivity contribution in [3.63, 3.8) is 0 Å². The van der Waals surface area contributed by atoms with Gasteiger partial charge in [0, 0.05) is 20.2 Å². The number of halogens is 5. The van der Waals surface area contributed by atoms with E-state index in [9.17, 15) is 36.7 Å². The number of aliphatic imine (C=N–C) groups is 1. The number of amidine groups is 1. The maximum atomic E-state index is 14.8. The number of nitrogens with zero attached hydrogens (tertiary/aromatic N) is 4. The van der Waals surface area contributed by atoms with Gasteiger partial charge in [0.05, 0.1) is 29.6 Å². The number of carbonyl (C=O) groups excluding carboxylic acids is 2. The molecule has 0 spiro atoms. The quantitative estimate of drug-likeness (QED) is 0.374. The van der Waals surface area contributed by atoms with Gasteiger partial charge in [-0.3, -0.25) is 23.9 Å². The van der Waals surface area contributed by atoms with Crippen molar-refractivity contribution >= 4 is 46.1 Å². The standard InChI is InChI=1S/C21H19ClF4N4O6S/c1-4-36-17(32)8-29-18(33)14(9-35-3)37-19(29)27-12-6-13(11(23)5-10(12)22)30-16(31)7-15(21(24,25)26)28(2)20(30)34/h5-7,14H,4,8-9H2,1-3H3/b27-19-. The molecule has 10 nitrogen and oxygen atoms in total. The van der Waals surface area contributed by atoms with Crippen molar-refractivity contribution in [2.24, 2.45) is 12.0 Å². The molecule has 1 fully saturated rings.